The molecule has 18 heavy (non-hydrogen) atoms. The van der Waals surface area contributed by atoms with Gasteiger partial charge in [-0.05, 0) is 30.9 Å². The summed E-state index contributed by atoms with van der Waals surface area (Å²) in [5.41, 5.74) is 1.05. The van der Waals surface area contributed by atoms with E-state index in [-0.39, 0.29) is 0 Å². The molecule has 1 aromatic rings. The minimum absolute atomic E-state index is 0.694. The first-order chi connectivity index (χ1) is 8.79. The van der Waals surface area contributed by atoms with Crippen molar-refractivity contribution in [3.05, 3.63) is 22.8 Å². The fourth-order valence-electron chi connectivity index (χ4n) is 2.31. The molecule has 4 heteroatoms. The van der Waals surface area contributed by atoms with E-state index in [1.165, 1.54) is 25.7 Å². The molecular weight excluding hydrogens is 248 g/mol. The molecule has 1 aliphatic carbocycles. The summed E-state index contributed by atoms with van der Waals surface area (Å²) in [6.07, 6.45) is 6.94. The van der Waals surface area contributed by atoms with E-state index in [1.807, 2.05) is 6.07 Å². The lowest BCUT2D eigenvalue weighted by Gasteiger charge is -2.12. The fourth-order valence-corrected chi connectivity index (χ4v) is 2.48. The topological polar surface area (TPSA) is 34.1 Å². The number of hydrogen-bond donors (Lipinski definition) is 1. The molecule has 0 aromatic carbocycles. The Morgan fingerprint density at radius 2 is 2.22 bits per heavy atom. The van der Waals surface area contributed by atoms with Crippen molar-refractivity contribution < 1.29 is 4.74 Å². The zero-order valence-electron chi connectivity index (χ0n) is 10.9. The molecule has 1 heterocycles. The smallest absolute Gasteiger partial charge is 0.213 e. The Hall–Kier alpha value is -0.800. The van der Waals surface area contributed by atoms with Gasteiger partial charge in [0.1, 0.15) is 0 Å². The highest BCUT2D eigenvalue weighted by Gasteiger charge is 2.16. The van der Waals surface area contributed by atoms with Crippen LogP contribution in [0, 0.1) is 5.92 Å². The Morgan fingerprint density at radius 3 is 2.94 bits per heavy atom. The molecular formula is C14H21ClN2O. The van der Waals surface area contributed by atoms with Crippen molar-refractivity contribution in [2.75, 3.05) is 13.2 Å². The lowest BCUT2D eigenvalue weighted by atomic mass is 10.1. The molecule has 3 nitrogen and oxygen atoms in total. The number of nitrogens with one attached hydrogen (secondary N) is 1. The summed E-state index contributed by atoms with van der Waals surface area (Å²) in [5.74, 6) is 1.40. The summed E-state index contributed by atoms with van der Waals surface area (Å²) in [6.45, 7) is 4.55. The largest absolute Gasteiger partial charge is 0.477 e. The highest BCUT2D eigenvalue weighted by atomic mass is 35.5. The Balaban J connectivity index is 1.91. The van der Waals surface area contributed by atoms with Crippen LogP contribution in [0.25, 0.3) is 0 Å². The van der Waals surface area contributed by atoms with Crippen molar-refractivity contribution in [2.45, 2.75) is 39.2 Å². The first kappa shape index (κ1) is 13.6. The van der Waals surface area contributed by atoms with Gasteiger partial charge in [-0.2, -0.15) is 0 Å². The first-order valence-electron chi connectivity index (χ1n) is 6.77. The van der Waals surface area contributed by atoms with Crippen LogP contribution in [0.4, 0.5) is 0 Å². The maximum absolute atomic E-state index is 6.10. The molecule has 0 aliphatic heterocycles. The van der Waals surface area contributed by atoms with E-state index in [1.54, 1.807) is 6.20 Å². The van der Waals surface area contributed by atoms with Crippen LogP contribution < -0.4 is 10.1 Å². The highest BCUT2D eigenvalue weighted by Crippen LogP contribution is 2.26. The standard InChI is InChI=1S/C14H21ClN2O/c1-2-16-8-12-7-14(17-9-13(12)15)18-10-11-5-3-4-6-11/h7,9,11,16H,2-6,8,10H2,1H3. The number of rotatable bonds is 6. The third-order valence-corrected chi connectivity index (χ3v) is 3.76. The SMILES string of the molecule is CCNCc1cc(OCC2CCCC2)ncc1Cl. The maximum atomic E-state index is 6.10. The second-order valence-corrected chi connectivity index (χ2v) is 5.26. The Bertz CT molecular complexity index is 378. The molecule has 2 rings (SSSR count). The van der Waals surface area contributed by atoms with E-state index < -0.39 is 0 Å². The van der Waals surface area contributed by atoms with Gasteiger partial charge in [0.05, 0.1) is 11.6 Å². The lowest BCUT2D eigenvalue weighted by Crippen LogP contribution is -2.13. The fraction of sp³-hybridized carbons (Fsp3) is 0.643. The third kappa shape index (κ3) is 3.85. The predicted octanol–water partition coefficient (Wildman–Crippen LogP) is 3.41. The normalized spacial score (nSPS) is 16.1. The zero-order valence-corrected chi connectivity index (χ0v) is 11.7. The van der Waals surface area contributed by atoms with Gasteiger partial charge in [0.15, 0.2) is 0 Å². The van der Waals surface area contributed by atoms with Gasteiger partial charge in [-0.3, -0.25) is 0 Å². The number of ether oxygens (including phenoxy) is 1. The number of halogens is 1. The summed E-state index contributed by atoms with van der Waals surface area (Å²) in [5, 5.41) is 3.96. The van der Waals surface area contributed by atoms with Crippen molar-refractivity contribution in [3.8, 4) is 5.88 Å². The molecule has 0 unspecified atom stereocenters. The van der Waals surface area contributed by atoms with Crippen molar-refractivity contribution >= 4 is 11.6 Å². The second-order valence-electron chi connectivity index (χ2n) is 4.86. The van der Waals surface area contributed by atoms with Crippen LogP contribution in [-0.2, 0) is 6.54 Å². The summed E-state index contributed by atoms with van der Waals surface area (Å²) in [7, 11) is 0. The zero-order chi connectivity index (χ0) is 12.8. The Morgan fingerprint density at radius 1 is 1.44 bits per heavy atom. The number of nitrogens with zero attached hydrogens (tertiary/aromatic N) is 1. The van der Waals surface area contributed by atoms with Gasteiger partial charge in [0.2, 0.25) is 5.88 Å². The van der Waals surface area contributed by atoms with Crippen LogP contribution in [0.5, 0.6) is 5.88 Å². The van der Waals surface area contributed by atoms with Crippen LogP contribution in [0.15, 0.2) is 12.3 Å². The first-order valence-corrected chi connectivity index (χ1v) is 7.15. The van der Waals surface area contributed by atoms with Gasteiger partial charge in [-0.1, -0.05) is 31.4 Å². The highest BCUT2D eigenvalue weighted by molar-refractivity contribution is 6.31. The lowest BCUT2D eigenvalue weighted by molar-refractivity contribution is 0.243. The van der Waals surface area contributed by atoms with Crippen LogP contribution in [0.2, 0.25) is 5.02 Å². The van der Waals surface area contributed by atoms with E-state index >= 15 is 0 Å². The van der Waals surface area contributed by atoms with Crippen LogP contribution >= 0.6 is 11.6 Å². The molecule has 100 valence electrons. The maximum Gasteiger partial charge on any atom is 0.213 e. The van der Waals surface area contributed by atoms with Crippen molar-refractivity contribution in [1.82, 2.24) is 10.3 Å². The molecule has 0 radical (unpaired) electrons. The number of hydrogen-bond acceptors (Lipinski definition) is 3. The second kappa shape index (κ2) is 6.95. The van der Waals surface area contributed by atoms with E-state index in [0.717, 1.165) is 25.3 Å². The van der Waals surface area contributed by atoms with Gasteiger partial charge in [-0.25, -0.2) is 4.98 Å². The summed E-state index contributed by atoms with van der Waals surface area (Å²) in [4.78, 5) is 4.23. The molecule has 0 spiro atoms. The van der Waals surface area contributed by atoms with E-state index in [9.17, 15) is 0 Å². The van der Waals surface area contributed by atoms with Crippen molar-refractivity contribution in [2.24, 2.45) is 5.92 Å². The molecule has 0 amide bonds. The summed E-state index contributed by atoms with van der Waals surface area (Å²) >= 11 is 6.10. The molecule has 1 aliphatic rings. The third-order valence-electron chi connectivity index (χ3n) is 3.42. The van der Waals surface area contributed by atoms with Crippen LogP contribution in [-0.4, -0.2) is 18.1 Å². The average Bonchev–Trinajstić information content (AvgIpc) is 2.89. The average molecular weight is 269 g/mol. The minimum Gasteiger partial charge on any atom is -0.477 e. The minimum atomic E-state index is 0.694. The van der Waals surface area contributed by atoms with Gasteiger partial charge >= 0.3 is 0 Å². The molecule has 0 atom stereocenters. The van der Waals surface area contributed by atoms with E-state index in [4.69, 9.17) is 16.3 Å². The molecule has 0 bridgehead atoms. The quantitative estimate of drug-likeness (QED) is 0.859. The van der Waals surface area contributed by atoms with Crippen molar-refractivity contribution in [3.63, 3.8) is 0 Å². The molecule has 1 N–H and O–H groups in total. The monoisotopic (exact) mass is 268 g/mol. The van der Waals surface area contributed by atoms with Gasteiger partial charge in [-0.15, -0.1) is 0 Å². The van der Waals surface area contributed by atoms with Crippen LogP contribution in [0.3, 0.4) is 0 Å². The molecule has 1 aromatic heterocycles. The van der Waals surface area contributed by atoms with Gasteiger partial charge in [0, 0.05) is 18.8 Å². The molecule has 1 fully saturated rings. The van der Waals surface area contributed by atoms with Gasteiger partial charge in [0.25, 0.3) is 0 Å². The van der Waals surface area contributed by atoms with E-state index in [2.05, 4.69) is 17.2 Å². The number of aromatic nitrogens is 1. The van der Waals surface area contributed by atoms with Crippen LogP contribution in [0.1, 0.15) is 38.2 Å². The molecule has 1 saturated carbocycles. The Kier molecular flexibility index (Phi) is 5.26. The molecule has 0 saturated heterocycles. The Labute approximate surface area is 114 Å². The van der Waals surface area contributed by atoms with Crippen molar-refractivity contribution in [1.29, 1.82) is 0 Å². The summed E-state index contributed by atoms with van der Waals surface area (Å²) < 4.78 is 5.77. The predicted molar refractivity (Wildman–Crippen MR) is 74.1 cm³/mol. The summed E-state index contributed by atoms with van der Waals surface area (Å²) in [6, 6.07) is 1.94. The number of pyridine rings is 1. The van der Waals surface area contributed by atoms with E-state index in [0.29, 0.717) is 16.8 Å². The van der Waals surface area contributed by atoms with Gasteiger partial charge < -0.3 is 10.1 Å².